The van der Waals surface area contributed by atoms with Crippen LogP contribution < -0.4 is 35.3 Å². The molecule has 0 bridgehead atoms. The Morgan fingerprint density at radius 1 is 1.30 bits per heavy atom. The van der Waals surface area contributed by atoms with Crippen molar-refractivity contribution in [3.63, 3.8) is 0 Å². The maximum Gasteiger partial charge on any atom is 1.00 e. The molecule has 1 aromatic rings. The Morgan fingerprint density at radius 2 is 1.90 bits per heavy atom. The van der Waals surface area contributed by atoms with Gasteiger partial charge in [-0.25, -0.2) is 0 Å². The van der Waals surface area contributed by atoms with E-state index in [2.05, 4.69) is 0 Å². The van der Waals surface area contributed by atoms with Gasteiger partial charge >= 0.3 is 29.6 Å². The van der Waals surface area contributed by atoms with Gasteiger partial charge in [0.1, 0.15) is 0 Å². The van der Waals surface area contributed by atoms with Crippen LogP contribution in [0.1, 0.15) is 5.56 Å². The summed E-state index contributed by atoms with van der Waals surface area (Å²) in [6.07, 6.45) is 0. The molecule has 0 unspecified atom stereocenters. The fourth-order valence-corrected chi connectivity index (χ4v) is 0.929. The van der Waals surface area contributed by atoms with Crippen LogP contribution in [0.4, 0.5) is 5.69 Å². The summed E-state index contributed by atoms with van der Waals surface area (Å²) in [5, 5.41) is 0. The van der Waals surface area contributed by atoms with Crippen molar-refractivity contribution in [1.82, 2.24) is 0 Å². The second-order valence-corrected chi connectivity index (χ2v) is 2.13. The van der Waals surface area contributed by atoms with Crippen molar-refractivity contribution in [2.45, 2.75) is 5.75 Å². The predicted molar refractivity (Wildman–Crippen MR) is 41.9 cm³/mol. The van der Waals surface area contributed by atoms with E-state index in [0.29, 0.717) is 5.75 Å². The summed E-state index contributed by atoms with van der Waals surface area (Å²) in [7, 11) is 0. The molecule has 1 aromatic carbocycles. The van der Waals surface area contributed by atoms with Crippen LogP contribution in [-0.4, -0.2) is 0 Å². The third-order valence-corrected chi connectivity index (χ3v) is 1.52. The minimum absolute atomic E-state index is 0. The van der Waals surface area contributed by atoms with Crippen molar-refractivity contribution in [2.24, 2.45) is 0 Å². The van der Waals surface area contributed by atoms with Gasteiger partial charge in [-0.3, -0.25) is 0 Å². The summed E-state index contributed by atoms with van der Waals surface area (Å²) < 4.78 is 0. The molecule has 0 aliphatic heterocycles. The molecule has 0 atom stereocenters. The molecule has 0 aliphatic carbocycles. The second kappa shape index (κ2) is 5.08. The van der Waals surface area contributed by atoms with Gasteiger partial charge in [-0.2, -0.15) is 0 Å². The van der Waals surface area contributed by atoms with Crippen LogP contribution in [0.2, 0.25) is 0 Å². The minimum atomic E-state index is 0. The number of para-hydroxylation sites is 1. The van der Waals surface area contributed by atoms with Gasteiger partial charge in [0.25, 0.3) is 0 Å². The Bertz CT molecular complexity index is 203. The largest absolute Gasteiger partial charge is 1.00 e. The maximum atomic E-state index is 5.56. The molecule has 48 valence electrons. The van der Waals surface area contributed by atoms with Crippen LogP contribution in [0.25, 0.3) is 0 Å². The van der Waals surface area contributed by atoms with E-state index in [1.807, 2.05) is 24.3 Å². The molecule has 3 heteroatoms. The molecule has 0 aliphatic rings. The van der Waals surface area contributed by atoms with Gasteiger partial charge in [0.15, 0.2) is 0 Å². The molecule has 0 heterocycles. The molecule has 2 N–H and O–H groups in total. The van der Waals surface area contributed by atoms with Gasteiger partial charge in [-0.05, 0) is 11.6 Å². The van der Waals surface area contributed by atoms with E-state index in [-0.39, 0.29) is 29.6 Å². The van der Waals surface area contributed by atoms with Crippen LogP contribution in [0, 0.1) is 0 Å². The molecule has 1 rings (SSSR count). The van der Waals surface area contributed by atoms with E-state index in [1.165, 1.54) is 0 Å². The standard InChI is InChI=1S/C7H9NS.Na/c8-7-4-2-1-3-6(7)5-9;/h1-4,9H,5,8H2;/q;+1/p-1. The first-order valence-corrected chi connectivity index (χ1v) is 3.34. The van der Waals surface area contributed by atoms with Gasteiger partial charge in [0.2, 0.25) is 0 Å². The molecule has 1 nitrogen and oxygen atoms in total. The van der Waals surface area contributed by atoms with Gasteiger partial charge in [0.05, 0.1) is 0 Å². The topological polar surface area (TPSA) is 26.0 Å². The van der Waals surface area contributed by atoms with E-state index < -0.39 is 0 Å². The monoisotopic (exact) mass is 161 g/mol. The third-order valence-electron chi connectivity index (χ3n) is 1.21. The Labute approximate surface area is 88.7 Å². The van der Waals surface area contributed by atoms with Crippen LogP contribution >= 0.6 is 0 Å². The number of hydrogen-bond donors (Lipinski definition) is 1. The summed E-state index contributed by atoms with van der Waals surface area (Å²) >= 11 is 4.83. The Hall–Kier alpha value is 0.370. The molecule has 0 aromatic heterocycles. The number of rotatable bonds is 1. The summed E-state index contributed by atoms with van der Waals surface area (Å²) in [6.45, 7) is 0. The average Bonchev–Trinajstić information content (AvgIpc) is 1.89. The van der Waals surface area contributed by atoms with Crippen molar-refractivity contribution in [3.05, 3.63) is 29.8 Å². The first-order valence-electron chi connectivity index (χ1n) is 2.76. The average molecular weight is 161 g/mol. The summed E-state index contributed by atoms with van der Waals surface area (Å²) in [4.78, 5) is 0. The Balaban J connectivity index is 0.000000810. The summed E-state index contributed by atoms with van der Waals surface area (Å²) in [6, 6.07) is 7.66. The maximum absolute atomic E-state index is 5.56. The molecule has 0 spiro atoms. The van der Waals surface area contributed by atoms with E-state index in [9.17, 15) is 0 Å². The van der Waals surface area contributed by atoms with Crippen LogP contribution in [-0.2, 0) is 18.4 Å². The van der Waals surface area contributed by atoms with Crippen molar-refractivity contribution in [2.75, 3.05) is 5.73 Å². The summed E-state index contributed by atoms with van der Waals surface area (Å²) in [5.74, 6) is 0.604. The number of anilines is 1. The number of benzene rings is 1. The second-order valence-electron chi connectivity index (χ2n) is 1.84. The van der Waals surface area contributed by atoms with Crippen LogP contribution in [0.3, 0.4) is 0 Å². The molecule has 0 radical (unpaired) electrons. The zero-order valence-electron chi connectivity index (χ0n) is 6.00. The minimum Gasteiger partial charge on any atom is -0.788 e. The van der Waals surface area contributed by atoms with Crippen molar-refractivity contribution in [3.8, 4) is 0 Å². The smallest absolute Gasteiger partial charge is 0.788 e. The first kappa shape index (κ1) is 10.4. The van der Waals surface area contributed by atoms with Crippen molar-refractivity contribution in [1.29, 1.82) is 0 Å². The molecule has 0 saturated carbocycles. The van der Waals surface area contributed by atoms with E-state index in [4.69, 9.17) is 18.4 Å². The zero-order valence-corrected chi connectivity index (χ0v) is 8.82. The number of hydrogen-bond acceptors (Lipinski definition) is 2. The molecule has 10 heavy (non-hydrogen) atoms. The Kier molecular flexibility index (Phi) is 5.27. The van der Waals surface area contributed by atoms with Crippen molar-refractivity contribution >= 4 is 18.3 Å². The molecular weight excluding hydrogens is 153 g/mol. The van der Waals surface area contributed by atoms with E-state index in [0.717, 1.165) is 11.3 Å². The number of nitrogens with two attached hydrogens (primary N) is 1. The Morgan fingerprint density at radius 3 is 2.30 bits per heavy atom. The first-order chi connectivity index (χ1) is 4.34. The normalized spacial score (nSPS) is 8.50. The van der Waals surface area contributed by atoms with Gasteiger partial charge in [-0.15, -0.1) is 5.75 Å². The molecule has 0 fully saturated rings. The SMILES string of the molecule is Nc1ccccc1C[S-].[Na+]. The third kappa shape index (κ3) is 2.54. The number of nitrogen functional groups attached to an aromatic ring is 1. The fourth-order valence-electron chi connectivity index (χ4n) is 0.666. The van der Waals surface area contributed by atoms with Crippen molar-refractivity contribution < 1.29 is 29.6 Å². The predicted octanol–water partition coefficient (Wildman–Crippen LogP) is -1.68. The van der Waals surface area contributed by atoms with Gasteiger partial charge in [0, 0.05) is 5.69 Å². The van der Waals surface area contributed by atoms with Gasteiger partial charge in [-0.1, -0.05) is 18.2 Å². The molecular formula is C7H8NNaS. The van der Waals surface area contributed by atoms with E-state index >= 15 is 0 Å². The quantitative estimate of drug-likeness (QED) is 0.302. The van der Waals surface area contributed by atoms with Crippen LogP contribution in [0.5, 0.6) is 0 Å². The zero-order chi connectivity index (χ0) is 6.69. The molecule has 0 amide bonds. The molecule has 0 saturated heterocycles. The van der Waals surface area contributed by atoms with E-state index in [1.54, 1.807) is 0 Å². The fraction of sp³-hybridized carbons (Fsp3) is 0.143. The van der Waals surface area contributed by atoms with Gasteiger partial charge < -0.3 is 18.4 Å². The summed E-state index contributed by atoms with van der Waals surface area (Å²) in [5.41, 5.74) is 7.41. The van der Waals surface area contributed by atoms with Crippen LogP contribution in [0.15, 0.2) is 24.3 Å².